The normalized spacial score (nSPS) is 10.3. The number of carbonyl (C=O) groups is 2. The molecule has 0 aliphatic heterocycles. The zero-order valence-corrected chi connectivity index (χ0v) is 16.6. The Hall–Kier alpha value is -2.53. The Bertz CT molecular complexity index is 756. The number of carbonyl (C=O) groups excluding carboxylic acids is 2. The van der Waals surface area contributed by atoms with Crippen molar-refractivity contribution in [2.75, 3.05) is 30.3 Å². The van der Waals surface area contributed by atoms with Crippen LogP contribution in [0.4, 0.5) is 11.4 Å². The number of anilines is 2. The molecule has 0 spiro atoms. The molecule has 0 aliphatic rings. The van der Waals surface area contributed by atoms with E-state index in [4.69, 9.17) is 11.6 Å². The molecule has 0 atom stereocenters. The van der Waals surface area contributed by atoms with Crippen LogP contribution in [0.15, 0.2) is 48.5 Å². The number of halogens is 1. The van der Waals surface area contributed by atoms with Crippen LogP contribution in [0, 0.1) is 0 Å². The number of rotatable bonds is 9. The molecule has 2 N–H and O–H groups in total. The number of amides is 2. The fourth-order valence-corrected chi connectivity index (χ4v) is 2.91. The summed E-state index contributed by atoms with van der Waals surface area (Å²) in [5, 5.41) is 6.45. The highest BCUT2D eigenvalue weighted by atomic mass is 35.5. The molecule has 5 nitrogen and oxygen atoms in total. The Kier molecular flexibility index (Phi) is 8.14. The van der Waals surface area contributed by atoms with Gasteiger partial charge in [0.15, 0.2) is 0 Å². The second-order valence-corrected chi connectivity index (χ2v) is 6.72. The summed E-state index contributed by atoms with van der Waals surface area (Å²) in [5.41, 5.74) is 2.07. The van der Waals surface area contributed by atoms with Crippen LogP contribution in [0.1, 0.15) is 37.0 Å². The van der Waals surface area contributed by atoms with Gasteiger partial charge in [-0.1, -0.05) is 31.5 Å². The van der Waals surface area contributed by atoms with E-state index in [9.17, 15) is 9.59 Å². The summed E-state index contributed by atoms with van der Waals surface area (Å²) in [7, 11) is 0. The van der Waals surface area contributed by atoms with Gasteiger partial charge in [-0.3, -0.25) is 9.59 Å². The number of benzene rings is 2. The van der Waals surface area contributed by atoms with Gasteiger partial charge in [0.25, 0.3) is 5.91 Å². The van der Waals surface area contributed by atoms with Crippen LogP contribution in [0.2, 0.25) is 5.02 Å². The SMILES string of the molecule is CCCN(CCC)C(=O)c1ccc(NC(=O)CNc2cccc(Cl)c2)cc1. The highest BCUT2D eigenvalue weighted by Crippen LogP contribution is 2.15. The maximum absolute atomic E-state index is 12.6. The molecule has 2 amide bonds. The molecular weight excluding hydrogens is 362 g/mol. The van der Waals surface area contributed by atoms with E-state index in [-0.39, 0.29) is 18.4 Å². The number of hydrogen-bond acceptors (Lipinski definition) is 3. The molecule has 2 rings (SSSR count). The zero-order chi connectivity index (χ0) is 19.6. The van der Waals surface area contributed by atoms with E-state index in [1.165, 1.54) is 0 Å². The number of nitrogens with zero attached hydrogens (tertiary/aromatic N) is 1. The van der Waals surface area contributed by atoms with E-state index in [2.05, 4.69) is 24.5 Å². The van der Waals surface area contributed by atoms with E-state index in [0.717, 1.165) is 31.6 Å². The Morgan fingerprint density at radius 2 is 1.63 bits per heavy atom. The highest BCUT2D eigenvalue weighted by Gasteiger charge is 2.14. The maximum atomic E-state index is 12.6. The second-order valence-electron chi connectivity index (χ2n) is 6.28. The van der Waals surface area contributed by atoms with Crippen molar-refractivity contribution in [3.8, 4) is 0 Å². The van der Waals surface area contributed by atoms with Gasteiger partial charge in [-0.05, 0) is 55.3 Å². The fourth-order valence-electron chi connectivity index (χ4n) is 2.72. The first-order valence-corrected chi connectivity index (χ1v) is 9.60. The molecule has 0 saturated heterocycles. The van der Waals surface area contributed by atoms with E-state index >= 15 is 0 Å². The molecule has 0 saturated carbocycles. The third-order valence-electron chi connectivity index (χ3n) is 3.97. The van der Waals surface area contributed by atoms with Crippen LogP contribution in [-0.2, 0) is 4.79 Å². The molecular formula is C21H26ClN3O2. The average molecular weight is 388 g/mol. The third kappa shape index (κ3) is 6.61. The standard InChI is InChI=1S/C21H26ClN3O2/c1-3-12-25(13-4-2)21(27)16-8-10-18(11-9-16)24-20(26)15-23-19-7-5-6-17(22)14-19/h5-11,14,23H,3-4,12-13,15H2,1-2H3,(H,24,26). The Morgan fingerprint density at radius 1 is 0.963 bits per heavy atom. The van der Waals surface area contributed by atoms with E-state index in [0.29, 0.717) is 16.3 Å². The predicted octanol–water partition coefficient (Wildman–Crippen LogP) is 4.65. The Morgan fingerprint density at radius 3 is 2.22 bits per heavy atom. The molecule has 0 aliphatic carbocycles. The topological polar surface area (TPSA) is 61.4 Å². The van der Waals surface area contributed by atoms with Crippen molar-refractivity contribution >= 4 is 34.8 Å². The summed E-state index contributed by atoms with van der Waals surface area (Å²) in [5.74, 6) is -0.146. The van der Waals surface area contributed by atoms with E-state index in [1.54, 1.807) is 36.4 Å². The lowest BCUT2D eigenvalue weighted by Gasteiger charge is -2.21. The minimum Gasteiger partial charge on any atom is -0.376 e. The van der Waals surface area contributed by atoms with E-state index in [1.807, 2.05) is 17.0 Å². The van der Waals surface area contributed by atoms with Crippen molar-refractivity contribution in [3.05, 3.63) is 59.1 Å². The summed E-state index contributed by atoms with van der Waals surface area (Å²) in [6.45, 7) is 5.75. The van der Waals surface area contributed by atoms with Gasteiger partial charge in [0.2, 0.25) is 5.91 Å². The van der Waals surface area contributed by atoms with Gasteiger partial charge in [0.1, 0.15) is 0 Å². The summed E-state index contributed by atoms with van der Waals surface area (Å²) in [4.78, 5) is 26.5. The molecule has 27 heavy (non-hydrogen) atoms. The fraction of sp³-hybridized carbons (Fsp3) is 0.333. The molecule has 2 aromatic rings. The van der Waals surface area contributed by atoms with Gasteiger partial charge in [0.05, 0.1) is 6.54 Å². The summed E-state index contributed by atoms with van der Waals surface area (Å²) in [6, 6.07) is 14.2. The smallest absolute Gasteiger partial charge is 0.253 e. The van der Waals surface area contributed by atoms with Crippen LogP contribution in [-0.4, -0.2) is 36.3 Å². The van der Waals surface area contributed by atoms with Crippen molar-refractivity contribution in [1.29, 1.82) is 0 Å². The monoisotopic (exact) mass is 387 g/mol. The van der Waals surface area contributed by atoms with Gasteiger partial charge in [0, 0.05) is 35.1 Å². The zero-order valence-electron chi connectivity index (χ0n) is 15.8. The maximum Gasteiger partial charge on any atom is 0.253 e. The average Bonchev–Trinajstić information content (AvgIpc) is 2.66. The molecule has 0 aromatic heterocycles. The quantitative estimate of drug-likeness (QED) is 0.658. The molecule has 6 heteroatoms. The molecule has 144 valence electrons. The summed E-state index contributed by atoms with van der Waals surface area (Å²) < 4.78 is 0. The second kappa shape index (κ2) is 10.6. The van der Waals surface area contributed by atoms with Gasteiger partial charge >= 0.3 is 0 Å². The lowest BCUT2D eigenvalue weighted by atomic mass is 10.1. The van der Waals surface area contributed by atoms with Crippen molar-refractivity contribution in [3.63, 3.8) is 0 Å². The number of nitrogens with one attached hydrogen (secondary N) is 2. The summed E-state index contributed by atoms with van der Waals surface area (Å²) in [6.07, 6.45) is 1.86. The Labute approximate surface area is 165 Å². The lowest BCUT2D eigenvalue weighted by molar-refractivity contribution is -0.114. The van der Waals surface area contributed by atoms with Crippen LogP contribution >= 0.6 is 11.6 Å². The van der Waals surface area contributed by atoms with Crippen LogP contribution in [0.25, 0.3) is 0 Å². The minimum atomic E-state index is -0.173. The van der Waals surface area contributed by atoms with E-state index < -0.39 is 0 Å². The molecule has 0 heterocycles. The van der Waals surface area contributed by atoms with Crippen molar-refractivity contribution in [2.45, 2.75) is 26.7 Å². The first-order chi connectivity index (χ1) is 13.0. The van der Waals surface area contributed by atoms with Crippen LogP contribution in [0.3, 0.4) is 0 Å². The first kappa shape index (κ1) is 20.8. The van der Waals surface area contributed by atoms with Crippen molar-refractivity contribution in [2.24, 2.45) is 0 Å². The van der Waals surface area contributed by atoms with Gasteiger partial charge in [-0.2, -0.15) is 0 Å². The lowest BCUT2D eigenvalue weighted by Crippen LogP contribution is -2.32. The van der Waals surface area contributed by atoms with Gasteiger partial charge in [-0.15, -0.1) is 0 Å². The van der Waals surface area contributed by atoms with Crippen LogP contribution in [0.5, 0.6) is 0 Å². The first-order valence-electron chi connectivity index (χ1n) is 9.22. The van der Waals surface area contributed by atoms with Crippen LogP contribution < -0.4 is 10.6 Å². The molecule has 0 bridgehead atoms. The highest BCUT2D eigenvalue weighted by molar-refractivity contribution is 6.30. The van der Waals surface area contributed by atoms with Gasteiger partial charge in [-0.25, -0.2) is 0 Å². The van der Waals surface area contributed by atoms with Crippen molar-refractivity contribution < 1.29 is 9.59 Å². The predicted molar refractivity (Wildman–Crippen MR) is 111 cm³/mol. The molecule has 0 fully saturated rings. The molecule has 2 aromatic carbocycles. The minimum absolute atomic E-state index is 0.0270. The summed E-state index contributed by atoms with van der Waals surface area (Å²) >= 11 is 5.92. The Balaban J connectivity index is 1.90. The molecule has 0 radical (unpaired) electrons. The van der Waals surface area contributed by atoms with Gasteiger partial charge < -0.3 is 15.5 Å². The largest absolute Gasteiger partial charge is 0.376 e. The number of hydrogen-bond donors (Lipinski definition) is 2. The molecule has 0 unspecified atom stereocenters. The van der Waals surface area contributed by atoms with Crippen molar-refractivity contribution in [1.82, 2.24) is 4.90 Å². The third-order valence-corrected chi connectivity index (χ3v) is 4.20.